The highest BCUT2D eigenvalue weighted by atomic mass is 14.9. The predicted molar refractivity (Wildman–Crippen MR) is 85.2 cm³/mol. The molecule has 0 amide bonds. The van der Waals surface area contributed by atoms with Gasteiger partial charge in [-0.2, -0.15) is 0 Å². The van der Waals surface area contributed by atoms with Crippen molar-refractivity contribution in [3.63, 3.8) is 0 Å². The van der Waals surface area contributed by atoms with E-state index in [1.54, 1.807) is 6.20 Å². The van der Waals surface area contributed by atoms with Crippen molar-refractivity contribution in [2.24, 2.45) is 0 Å². The van der Waals surface area contributed by atoms with Gasteiger partial charge in [-0.3, -0.25) is 4.98 Å². The first-order valence-electron chi connectivity index (χ1n) is 6.90. The van der Waals surface area contributed by atoms with Gasteiger partial charge in [-0.25, -0.2) is 4.98 Å². The fourth-order valence-corrected chi connectivity index (χ4v) is 2.60. The molecule has 0 saturated heterocycles. The van der Waals surface area contributed by atoms with E-state index in [2.05, 4.69) is 44.5 Å². The minimum Gasteiger partial charge on any atom is -0.379 e. The van der Waals surface area contributed by atoms with E-state index in [0.29, 0.717) is 0 Å². The van der Waals surface area contributed by atoms with Crippen LogP contribution in [0.15, 0.2) is 61.1 Å². The molecule has 0 aliphatic heterocycles. The van der Waals surface area contributed by atoms with Gasteiger partial charge in [0.25, 0.3) is 0 Å². The number of aromatic nitrogens is 3. The Balaban J connectivity index is 1.67. The lowest BCUT2D eigenvalue weighted by Crippen LogP contribution is -2.00. The smallest absolute Gasteiger partial charge is 0.137 e. The van der Waals surface area contributed by atoms with Crippen LogP contribution in [-0.2, 0) is 6.54 Å². The summed E-state index contributed by atoms with van der Waals surface area (Å²) in [6.45, 7) is 0.737. The van der Waals surface area contributed by atoms with E-state index in [1.165, 1.54) is 5.56 Å². The van der Waals surface area contributed by atoms with Gasteiger partial charge >= 0.3 is 0 Å². The molecule has 0 bridgehead atoms. The van der Waals surface area contributed by atoms with Crippen LogP contribution in [0, 0.1) is 0 Å². The Morgan fingerprint density at radius 3 is 2.81 bits per heavy atom. The third-order valence-corrected chi connectivity index (χ3v) is 3.64. The topological polar surface area (TPSA) is 53.6 Å². The monoisotopic (exact) mass is 274 g/mol. The Labute approximate surface area is 121 Å². The molecule has 0 radical (unpaired) electrons. The van der Waals surface area contributed by atoms with Gasteiger partial charge in [0.15, 0.2) is 0 Å². The molecule has 3 heterocycles. The van der Waals surface area contributed by atoms with Crippen LogP contribution >= 0.6 is 0 Å². The van der Waals surface area contributed by atoms with Crippen molar-refractivity contribution in [1.29, 1.82) is 0 Å². The Hall–Kier alpha value is -2.88. The molecule has 4 nitrogen and oxygen atoms in total. The van der Waals surface area contributed by atoms with Crippen LogP contribution in [0.4, 0.5) is 5.69 Å². The van der Waals surface area contributed by atoms with Crippen LogP contribution in [0.1, 0.15) is 5.56 Å². The highest BCUT2D eigenvalue weighted by Crippen LogP contribution is 2.22. The molecule has 0 saturated carbocycles. The van der Waals surface area contributed by atoms with E-state index in [1.807, 2.05) is 30.6 Å². The molecule has 1 aromatic carbocycles. The summed E-state index contributed by atoms with van der Waals surface area (Å²) in [5.41, 5.74) is 4.17. The largest absolute Gasteiger partial charge is 0.379 e. The van der Waals surface area contributed by atoms with E-state index >= 15 is 0 Å². The molecule has 4 heteroatoms. The number of anilines is 1. The minimum atomic E-state index is 0.737. The zero-order valence-corrected chi connectivity index (χ0v) is 11.4. The van der Waals surface area contributed by atoms with E-state index in [9.17, 15) is 0 Å². The maximum Gasteiger partial charge on any atom is 0.137 e. The molecule has 102 valence electrons. The lowest BCUT2D eigenvalue weighted by molar-refractivity contribution is 1.16. The molecule has 4 rings (SSSR count). The number of rotatable bonds is 3. The van der Waals surface area contributed by atoms with E-state index in [4.69, 9.17) is 0 Å². The Morgan fingerprint density at radius 2 is 1.81 bits per heavy atom. The van der Waals surface area contributed by atoms with Crippen molar-refractivity contribution in [3.05, 3.63) is 66.6 Å². The van der Waals surface area contributed by atoms with Crippen molar-refractivity contribution in [1.82, 2.24) is 15.0 Å². The van der Waals surface area contributed by atoms with Crippen molar-refractivity contribution in [2.45, 2.75) is 6.54 Å². The van der Waals surface area contributed by atoms with Gasteiger partial charge in [0.05, 0.1) is 11.2 Å². The lowest BCUT2D eigenvalue weighted by Gasteiger charge is -2.08. The number of para-hydroxylation sites is 1. The summed E-state index contributed by atoms with van der Waals surface area (Å²) in [5.74, 6) is 0. The van der Waals surface area contributed by atoms with Gasteiger partial charge in [0, 0.05) is 35.9 Å². The second kappa shape index (κ2) is 4.90. The van der Waals surface area contributed by atoms with E-state index < -0.39 is 0 Å². The van der Waals surface area contributed by atoms with Crippen LogP contribution < -0.4 is 5.32 Å². The molecule has 0 atom stereocenters. The molecule has 4 aromatic rings. The molecule has 21 heavy (non-hydrogen) atoms. The number of hydrogen-bond acceptors (Lipinski definition) is 3. The van der Waals surface area contributed by atoms with Crippen LogP contribution in [0.5, 0.6) is 0 Å². The summed E-state index contributed by atoms with van der Waals surface area (Å²) in [6.07, 6.45) is 5.62. The predicted octanol–water partition coefficient (Wildman–Crippen LogP) is 3.72. The summed E-state index contributed by atoms with van der Waals surface area (Å²) in [6, 6.07) is 14.2. The maximum absolute atomic E-state index is 4.46. The zero-order valence-electron chi connectivity index (χ0n) is 11.4. The van der Waals surface area contributed by atoms with Crippen molar-refractivity contribution >= 4 is 27.6 Å². The summed E-state index contributed by atoms with van der Waals surface area (Å²) in [7, 11) is 0. The molecule has 0 fully saturated rings. The number of nitrogens with zero attached hydrogens (tertiary/aromatic N) is 2. The van der Waals surface area contributed by atoms with Crippen LogP contribution in [0.2, 0.25) is 0 Å². The summed E-state index contributed by atoms with van der Waals surface area (Å²) < 4.78 is 0. The average molecular weight is 274 g/mol. The van der Waals surface area contributed by atoms with Gasteiger partial charge in [0.1, 0.15) is 5.65 Å². The molecule has 3 aromatic heterocycles. The van der Waals surface area contributed by atoms with Gasteiger partial charge in [-0.1, -0.05) is 18.2 Å². The van der Waals surface area contributed by atoms with Crippen LogP contribution in [0.3, 0.4) is 0 Å². The number of pyridine rings is 2. The molecular formula is C17H14N4. The van der Waals surface area contributed by atoms with Crippen LogP contribution in [0.25, 0.3) is 21.9 Å². The number of fused-ring (bicyclic) bond motifs is 2. The maximum atomic E-state index is 4.46. The number of hydrogen-bond donors (Lipinski definition) is 2. The van der Waals surface area contributed by atoms with Crippen LogP contribution in [-0.4, -0.2) is 15.0 Å². The first-order valence-corrected chi connectivity index (χ1v) is 6.90. The zero-order chi connectivity index (χ0) is 14.1. The van der Waals surface area contributed by atoms with Crippen molar-refractivity contribution in [2.75, 3.05) is 5.32 Å². The number of nitrogens with one attached hydrogen (secondary N) is 2. The normalized spacial score (nSPS) is 11.0. The minimum absolute atomic E-state index is 0.737. The Bertz CT molecular complexity index is 905. The van der Waals surface area contributed by atoms with Crippen molar-refractivity contribution < 1.29 is 0 Å². The first kappa shape index (κ1) is 11.9. The highest BCUT2D eigenvalue weighted by Gasteiger charge is 2.05. The molecule has 0 unspecified atom stereocenters. The molecule has 0 spiro atoms. The number of H-pyrrole nitrogens is 1. The molecule has 2 N–H and O–H groups in total. The third kappa shape index (κ3) is 2.10. The average Bonchev–Trinajstić information content (AvgIpc) is 2.96. The lowest BCUT2D eigenvalue weighted by atomic mass is 10.1. The number of aromatic amines is 1. The van der Waals surface area contributed by atoms with E-state index in [-0.39, 0.29) is 0 Å². The van der Waals surface area contributed by atoms with Gasteiger partial charge in [-0.15, -0.1) is 0 Å². The molecule has 0 aliphatic carbocycles. The fraction of sp³-hybridized carbons (Fsp3) is 0.0588. The standard InChI is InChI=1S/C17H14N4/c1-4-12-5-2-8-18-16(12)15(7-1)20-10-13-11-21-17-14(13)6-3-9-19-17/h1-9,11,20H,10H2,(H,19,21). The Kier molecular flexibility index (Phi) is 2.78. The van der Waals surface area contributed by atoms with E-state index in [0.717, 1.165) is 34.2 Å². The Morgan fingerprint density at radius 1 is 0.952 bits per heavy atom. The third-order valence-electron chi connectivity index (χ3n) is 3.64. The number of benzene rings is 1. The quantitative estimate of drug-likeness (QED) is 0.598. The highest BCUT2D eigenvalue weighted by molar-refractivity contribution is 5.90. The first-order chi connectivity index (χ1) is 10.4. The molecular weight excluding hydrogens is 260 g/mol. The fourth-order valence-electron chi connectivity index (χ4n) is 2.60. The van der Waals surface area contributed by atoms with Gasteiger partial charge in [0.2, 0.25) is 0 Å². The summed E-state index contributed by atoms with van der Waals surface area (Å²) in [4.78, 5) is 12.0. The van der Waals surface area contributed by atoms with Gasteiger partial charge in [-0.05, 0) is 29.8 Å². The molecule has 0 aliphatic rings. The SMILES string of the molecule is c1cnc2c(NCc3c[nH]c4ncccc34)cccc2c1. The van der Waals surface area contributed by atoms with Crippen molar-refractivity contribution in [3.8, 4) is 0 Å². The second-order valence-corrected chi connectivity index (χ2v) is 4.95. The summed E-state index contributed by atoms with van der Waals surface area (Å²) in [5, 5.41) is 5.76. The van der Waals surface area contributed by atoms with Gasteiger partial charge < -0.3 is 10.3 Å². The second-order valence-electron chi connectivity index (χ2n) is 4.95. The summed E-state index contributed by atoms with van der Waals surface area (Å²) >= 11 is 0.